The summed E-state index contributed by atoms with van der Waals surface area (Å²) in [5.41, 5.74) is -0.166. The van der Waals surface area contributed by atoms with Crippen molar-refractivity contribution in [1.82, 2.24) is 5.32 Å². The molecule has 1 saturated carbocycles. The lowest BCUT2D eigenvalue weighted by Crippen LogP contribution is -2.45. The molecule has 21 heavy (non-hydrogen) atoms. The van der Waals surface area contributed by atoms with Gasteiger partial charge in [-0.3, -0.25) is 14.9 Å². The molecule has 7 heteroatoms. The van der Waals surface area contributed by atoms with E-state index in [4.69, 9.17) is 0 Å². The van der Waals surface area contributed by atoms with Crippen LogP contribution in [0.1, 0.15) is 36.0 Å². The van der Waals surface area contributed by atoms with Gasteiger partial charge in [0.2, 0.25) is 0 Å². The number of amides is 1. The first kappa shape index (κ1) is 15.8. The van der Waals surface area contributed by atoms with Crippen LogP contribution in [0.2, 0.25) is 0 Å². The number of carbonyl (C=O) groups is 1. The van der Waals surface area contributed by atoms with Crippen molar-refractivity contribution in [3.05, 3.63) is 33.9 Å². The minimum Gasteiger partial charge on any atom is -0.391 e. The van der Waals surface area contributed by atoms with Crippen molar-refractivity contribution in [1.29, 1.82) is 0 Å². The number of benzene rings is 1. The van der Waals surface area contributed by atoms with Crippen molar-refractivity contribution >= 4 is 23.4 Å². The lowest BCUT2D eigenvalue weighted by Gasteiger charge is -2.28. The van der Waals surface area contributed by atoms with E-state index in [0.717, 1.165) is 17.7 Å². The third-order valence-electron chi connectivity index (χ3n) is 3.69. The number of nitro benzene ring substituents is 1. The van der Waals surface area contributed by atoms with Gasteiger partial charge in [-0.2, -0.15) is 0 Å². The molecule has 0 spiro atoms. The Kier molecular flexibility index (Phi) is 5.19. The molecule has 0 bridgehead atoms. The minimum absolute atomic E-state index is 0.0459. The van der Waals surface area contributed by atoms with E-state index in [2.05, 4.69) is 5.32 Å². The third kappa shape index (κ3) is 3.74. The van der Waals surface area contributed by atoms with Gasteiger partial charge in [0, 0.05) is 11.0 Å². The average Bonchev–Trinajstić information content (AvgIpc) is 2.48. The molecule has 1 aromatic rings. The SMILES string of the molecule is CSc1ccc([N+](=O)[O-])c(C(=O)N[C@H]2CCCC[C@@H]2O)c1. The molecule has 0 radical (unpaired) electrons. The Morgan fingerprint density at radius 2 is 2.14 bits per heavy atom. The van der Waals surface area contributed by atoms with Crippen molar-refractivity contribution in [3.63, 3.8) is 0 Å². The lowest BCUT2D eigenvalue weighted by atomic mass is 9.92. The number of thioether (sulfide) groups is 1. The zero-order valence-electron chi connectivity index (χ0n) is 11.7. The molecular formula is C14H18N2O4S. The highest BCUT2D eigenvalue weighted by Crippen LogP contribution is 2.26. The largest absolute Gasteiger partial charge is 0.391 e. The van der Waals surface area contributed by atoms with E-state index in [9.17, 15) is 20.0 Å². The van der Waals surface area contributed by atoms with Crippen LogP contribution in [-0.4, -0.2) is 34.3 Å². The fourth-order valence-corrected chi connectivity index (χ4v) is 2.95. The van der Waals surface area contributed by atoms with Gasteiger partial charge in [-0.1, -0.05) is 12.8 Å². The summed E-state index contributed by atoms with van der Waals surface area (Å²) in [6, 6.07) is 4.16. The molecular weight excluding hydrogens is 292 g/mol. The molecule has 2 N–H and O–H groups in total. The summed E-state index contributed by atoms with van der Waals surface area (Å²) >= 11 is 1.42. The van der Waals surface area contributed by atoms with Gasteiger partial charge in [0.05, 0.1) is 17.1 Å². The van der Waals surface area contributed by atoms with Crippen LogP contribution in [0.25, 0.3) is 0 Å². The van der Waals surface area contributed by atoms with Gasteiger partial charge in [0.1, 0.15) is 5.56 Å². The van der Waals surface area contributed by atoms with Crippen LogP contribution in [0, 0.1) is 10.1 Å². The minimum atomic E-state index is -0.578. The van der Waals surface area contributed by atoms with Crippen LogP contribution in [0.15, 0.2) is 23.1 Å². The van der Waals surface area contributed by atoms with Gasteiger partial charge >= 0.3 is 0 Å². The van der Waals surface area contributed by atoms with Crippen molar-refractivity contribution in [2.45, 2.75) is 42.7 Å². The normalized spacial score (nSPS) is 21.8. The first-order chi connectivity index (χ1) is 10.0. The van der Waals surface area contributed by atoms with Crippen LogP contribution in [0.5, 0.6) is 0 Å². The molecule has 1 amide bonds. The van der Waals surface area contributed by atoms with Crippen LogP contribution in [-0.2, 0) is 0 Å². The molecule has 0 heterocycles. The number of nitro groups is 1. The summed E-state index contributed by atoms with van der Waals surface area (Å²) in [5, 5.41) is 23.7. The molecule has 1 fully saturated rings. The Labute approximate surface area is 127 Å². The Bertz CT molecular complexity index is 550. The number of hydrogen-bond donors (Lipinski definition) is 2. The van der Waals surface area contributed by atoms with Gasteiger partial charge in [-0.25, -0.2) is 0 Å². The van der Waals surface area contributed by atoms with Gasteiger partial charge < -0.3 is 10.4 Å². The zero-order chi connectivity index (χ0) is 15.4. The van der Waals surface area contributed by atoms with Gasteiger partial charge in [0.15, 0.2) is 0 Å². The summed E-state index contributed by atoms with van der Waals surface area (Å²) in [5.74, 6) is -0.497. The van der Waals surface area contributed by atoms with Gasteiger partial charge in [-0.15, -0.1) is 11.8 Å². The summed E-state index contributed by atoms with van der Waals surface area (Å²) in [6.45, 7) is 0. The fourth-order valence-electron chi connectivity index (χ4n) is 2.51. The van der Waals surface area contributed by atoms with E-state index in [1.54, 1.807) is 6.07 Å². The Balaban J connectivity index is 2.22. The molecule has 0 saturated heterocycles. The van der Waals surface area contributed by atoms with Crippen LogP contribution < -0.4 is 5.32 Å². The molecule has 114 valence electrons. The predicted molar refractivity (Wildman–Crippen MR) is 80.6 cm³/mol. The summed E-state index contributed by atoms with van der Waals surface area (Å²) in [6.07, 6.45) is 4.49. The van der Waals surface area contributed by atoms with Crippen molar-refractivity contribution < 1.29 is 14.8 Å². The second kappa shape index (κ2) is 6.91. The van der Waals surface area contributed by atoms with Crippen molar-refractivity contribution in [2.75, 3.05) is 6.26 Å². The molecule has 1 aliphatic carbocycles. The van der Waals surface area contributed by atoms with Crippen LogP contribution in [0.3, 0.4) is 0 Å². The lowest BCUT2D eigenvalue weighted by molar-refractivity contribution is -0.385. The number of rotatable bonds is 4. The second-order valence-corrected chi connectivity index (χ2v) is 5.95. The van der Waals surface area contributed by atoms with E-state index >= 15 is 0 Å². The highest BCUT2D eigenvalue weighted by Gasteiger charge is 2.27. The Morgan fingerprint density at radius 1 is 1.43 bits per heavy atom. The topological polar surface area (TPSA) is 92.5 Å². The number of hydrogen-bond acceptors (Lipinski definition) is 5. The molecule has 1 aliphatic rings. The maximum absolute atomic E-state index is 12.3. The van der Waals surface area contributed by atoms with E-state index in [1.807, 2.05) is 6.26 Å². The Hall–Kier alpha value is -1.60. The first-order valence-electron chi connectivity index (χ1n) is 6.84. The van der Waals surface area contributed by atoms with E-state index in [0.29, 0.717) is 12.8 Å². The van der Waals surface area contributed by atoms with E-state index < -0.39 is 16.9 Å². The number of aliphatic hydroxyl groups is 1. The standard InChI is InChI=1S/C14H18N2O4S/c1-21-9-6-7-12(16(19)20)10(8-9)14(18)15-11-4-2-3-5-13(11)17/h6-8,11,13,17H,2-5H2,1H3,(H,15,18)/t11-,13-/m0/s1. The summed E-state index contributed by atoms with van der Waals surface area (Å²) < 4.78 is 0. The molecule has 2 atom stereocenters. The average molecular weight is 310 g/mol. The smallest absolute Gasteiger partial charge is 0.282 e. The van der Waals surface area contributed by atoms with Crippen LogP contribution in [0.4, 0.5) is 5.69 Å². The molecule has 0 aromatic heterocycles. The molecule has 2 rings (SSSR count). The molecule has 0 aliphatic heterocycles. The number of nitrogens with zero attached hydrogens (tertiary/aromatic N) is 1. The van der Waals surface area contributed by atoms with E-state index in [1.165, 1.54) is 23.9 Å². The predicted octanol–water partition coefficient (Wildman–Crippen LogP) is 2.35. The maximum Gasteiger partial charge on any atom is 0.282 e. The highest BCUT2D eigenvalue weighted by molar-refractivity contribution is 7.98. The second-order valence-electron chi connectivity index (χ2n) is 5.07. The van der Waals surface area contributed by atoms with Gasteiger partial charge in [-0.05, 0) is 31.2 Å². The number of aliphatic hydroxyl groups excluding tert-OH is 1. The van der Waals surface area contributed by atoms with E-state index in [-0.39, 0.29) is 17.3 Å². The molecule has 1 aromatic carbocycles. The third-order valence-corrected chi connectivity index (χ3v) is 4.42. The quantitative estimate of drug-likeness (QED) is 0.506. The Morgan fingerprint density at radius 3 is 2.76 bits per heavy atom. The highest BCUT2D eigenvalue weighted by atomic mass is 32.2. The zero-order valence-corrected chi connectivity index (χ0v) is 12.6. The number of nitrogens with one attached hydrogen (secondary N) is 1. The monoisotopic (exact) mass is 310 g/mol. The summed E-state index contributed by atoms with van der Waals surface area (Å²) in [4.78, 5) is 23.6. The van der Waals surface area contributed by atoms with Crippen molar-refractivity contribution in [2.24, 2.45) is 0 Å². The van der Waals surface area contributed by atoms with Crippen LogP contribution >= 0.6 is 11.8 Å². The summed E-state index contributed by atoms with van der Waals surface area (Å²) in [7, 11) is 0. The first-order valence-corrected chi connectivity index (χ1v) is 8.06. The number of carbonyl (C=O) groups excluding carboxylic acids is 1. The molecule has 6 nitrogen and oxygen atoms in total. The van der Waals surface area contributed by atoms with Crippen molar-refractivity contribution in [3.8, 4) is 0 Å². The fraction of sp³-hybridized carbons (Fsp3) is 0.500. The van der Waals surface area contributed by atoms with Gasteiger partial charge in [0.25, 0.3) is 11.6 Å². The maximum atomic E-state index is 12.3. The molecule has 0 unspecified atom stereocenters.